The van der Waals surface area contributed by atoms with E-state index < -0.39 is 29.5 Å². The van der Waals surface area contributed by atoms with Crippen LogP contribution in [0.4, 0.5) is 8.78 Å². The summed E-state index contributed by atoms with van der Waals surface area (Å²) < 4.78 is 26.9. The van der Waals surface area contributed by atoms with Crippen LogP contribution in [0.5, 0.6) is 0 Å². The van der Waals surface area contributed by atoms with Crippen molar-refractivity contribution in [2.24, 2.45) is 0 Å². The number of aromatic nitrogens is 1. The maximum Gasteiger partial charge on any atom is 0.252 e. The Morgan fingerprint density at radius 1 is 1.13 bits per heavy atom. The van der Waals surface area contributed by atoms with E-state index >= 15 is 0 Å². The zero-order chi connectivity index (χ0) is 17.0. The second-order valence-electron chi connectivity index (χ2n) is 4.64. The molecule has 2 aromatic rings. The summed E-state index contributed by atoms with van der Waals surface area (Å²) in [6.07, 6.45) is 2.25. The fourth-order valence-corrected chi connectivity index (χ4v) is 1.92. The van der Waals surface area contributed by atoms with E-state index in [4.69, 9.17) is 0 Å². The molecule has 0 saturated carbocycles. The van der Waals surface area contributed by atoms with Gasteiger partial charge in [0.2, 0.25) is 5.91 Å². The van der Waals surface area contributed by atoms with E-state index in [1.54, 1.807) is 0 Å². The van der Waals surface area contributed by atoms with Crippen molar-refractivity contribution >= 4 is 11.8 Å². The van der Waals surface area contributed by atoms with Gasteiger partial charge in [-0.1, -0.05) is 6.07 Å². The molecule has 0 bridgehead atoms. The van der Waals surface area contributed by atoms with Crippen LogP contribution in [0.2, 0.25) is 0 Å². The lowest BCUT2D eigenvalue weighted by molar-refractivity contribution is -0.605. The summed E-state index contributed by atoms with van der Waals surface area (Å²) in [5, 5.41) is 15.7. The van der Waals surface area contributed by atoms with E-state index in [0.29, 0.717) is 4.73 Å². The van der Waals surface area contributed by atoms with Gasteiger partial charge in [0, 0.05) is 19.2 Å². The van der Waals surface area contributed by atoms with Crippen molar-refractivity contribution in [3.05, 3.63) is 70.7 Å². The lowest BCUT2D eigenvalue weighted by Gasteiger charge is -2.18. The lowest BCUT2D eigenvalue weighted by Crippen LogP contribution is -2.39. The van der Waals surface area contributed by atoms with Gasteiger partial charge in [-0.15, -0.1) is 0 Å². The topological polar surface area (TPSA) is 85.1 Å². The Kier molecular flexibility index (Phi) is 4.85. The highest BCUT2D eigenvalue weighted by molar-refractivity contribution is 5.97. The zero-order valence-corrected chi connectivity index (χ0v) is 12.0. The van der Waals surface area contributed by atoms with Gasteiger partial charge in [0.15, 0.2) is 24.0 Å². The number of carbonyl (C=O) groups is 2. The second kappa shape index (κ2) is 6.82. The van der Waals surface area contributed by atoms with Gasteiger partial charge in [0.1, 0.15) is 6.04 Å². The smallest absolute Gasteiger partial charge is 0.252 e. The number of amides is 2. The summed E-state index contributed by atoms with van der Waals surface area (Å²) in [5.41, 5.74) is 0.236. The first-order valence-electron chi connectivity index (χ1n) is 6.58. The Labute approximate surface area is 130 Å². The van der Waals surface area contributed by atoms with Crippen LogP contribution in [0.1, 0.15) is 22.0 Å². The molecule has 0 aliphatic rings. The van der Waals surface area contributed by atoms with Crippen LogP contribution in [-0.2, 0) is 4.79 Å². The fraction of sp³-hybridized carbons (Fsp3) is 0.133. The molecule has 0 aliphatic carbocycles. The number of pyridine rings is 1. The number of nitrogens with one attached hydrogen (secondary N) is 2. The Morgan fingerprint density at radius 2 is 1.78 bits per heavy atom. The molecule has 1 aromatic carbocycles. The number of nitrogens with zero attached hydrogens (tertiary/aromatic N) is 1. The van der Waals surface area contributed by atoms with Gasteiger partial charge in [-0.05, 0) is 17.7 Å². The molecule has 6 nitrogen and oxygen atoms in total. The molecule has 1 heterocycles. The molecular formula is C15H13F2N3O3. The van der Waals surface area contributed by atoms with Crippen LogP contribution in [0.3, 0.4) is 0 Å². The number of likely N-dealkylation sites (N-methyl/N-ethyl adjacent to an activating group) is 1. The quantitative estimate of drug-likeness (QED) is 0.646. The molecule has 0 radical (unpaired) electrons. The van der Waals surface area contributed by atoms with Crippen molar-refractivity contribution in [1.82, 2.24) is 10.6 Å². The maximum absolute atomic E-state index is 13.4. The van der Waals surface area contributed by atoms with E-state index in [9.17, 15) is 23.6 Å². The molecule has 2 amide bonds. The summed E-state index contributed by atoms with van der Waals surface area (Å²) in [7, 11) is 1.35. The van der Waals surface area contributed by atoms with Crippen LogP contribution in [0, 0.1) is 16.8 Å². The largest absolute Gasteiger partial charge is 0.619 e. The van der Waals surface area contributed by atoms with Gasteiger partial charge in [0.05, 0.1) is 5.56 Å². The summed E-state index contributed by atoms with van der Waals surface area (Å²) >= 11 is 0. The third-order valence-corrected chi connectivity index (χ3v) is 3.13. The Balaban J connectivity index is 2.28. The Morgan fingerprint density at radius 3 is 2.35 bits per heavy atom. The minimum Gasteiger partial charge on any atom is -0.619 e. The Hall–Kier alpha value is -3.03. The van der Waals surface area contributed by atoms with Gasteiger partial charge in [-0.2, -0.15) is 4.73 Å². The van der Waals surface area contributed by atoms with Crippen molar-refractivity contribution in [1.29, 1.82) is 0 Å². The zero-order valence-electron chi connectivity index (χ0n) is 12.0. The predicted octanol–water partition coefficient (Wildman–Crippen LogP) is 0.815. The van der Waals surface area contributed by atoms with E-state index in [1.807, 2.05) is 0 Å². The molecule has 2 rings (SSSR count). The average molecular weight is 321 g/mol. The second-order valence-corrected chi connectivity index (χ2v) is 4.64. The van der Waals surface area contributed by atoms with Crippen molar-refractivity contribution < 1.29 is 23.1 Å². The van der Waals surface area contributed by atoms with Gasteiger partial charge < -0.3 is 15.8 Å². The van der Waals surface area contributed by atoms with E-state index in [0.717, 1.165) is 24.5 Å². The van der Waals surface area contributed by atoms with Crippen LogP contribution in [0.15, 0.2) is 42.7 Å². The van der Waals surface area contributed by atoms with E-state index in [2.05, 4.69) is 10.6 Å². The van der Waals surface area contributed by atoms with Gasteiger partial charge >= 0.3 is 0 Å². The normalized spacial score (nSPS) is 11.6. The number of benzene rings is 1. The third-order valence-electron chi connectivity index (χ3n) is 3.13. The van der Waals surface area contributed by atoms with Crippen molar-refractivity contribution in [2.45, 2.75) is 6.04 Å². The van der Waals surface area contributed by atoms with E-state index in [-0.39, 0.29) is 11.1 Å². The van der Waals surface area contributed by atoms with E-state index in [1.165, 1.54) is 25.2 Å². The summed E-state index contributed by atoms with van der Waals surface area (Å²) in [6.45, 7) is 0. The van der Waals surface area contributed by atoms with Gasteiger partial charge in [0.25, 0.3) is 5.91 Å². The monoisotopic (exact) mass is 321 g/mol. The molecule has 0 spiro atoms. The molecule has 1 unspecified atom stereocenters. The van der Waals surface area contributed by atoms with Gasteiger partial charge in [-0.25, -0.2) is 8.78 Å². The number of rotatable bonds is 4. The van der Waals surface area contributed by atoms with Crippen LogP contribution in [0.25, 0.3) is 0 Å². The molecule has 0 fully saturated rings. The Bertz CT molecular complexity index is 735. The summed E-state index contributed by atoms with van der Waals surface area (Å²) in [4.78, 5) is 24.1. The van der Waals surface area contributed by atoms with Crippen molar-refractivity contribution in [2.75, 3.05) is 7.05 Å². The van der Waals surface area contributed by atoms with Crippen molar-refractivity contribution in [3.8, 4) is 0 Å². The number of hydrogen-bond donors (Lipinski definition) is 2. The van der Waals surface area contributed by atoms with Crippen LogP contribution in [-0.4, -0.2) is 18.9 Å². The minimum absolute atomic E-state index is 0.0893. The predicted molar refractivity (Wildman–Crippen MR) is 76.0 cm³/mol. The molecule has 0 aliphatic heterocycles. The molecule has 23 heavy (non-hydrogen) atoms. The van der Waals surface area contributed by atoms with Crippen molar-refractivity contribution in [3.63, 3.8) is 0 Å². The first kappa shape index (κ1) is 16.3. The molecule has 0 saturated heterocycles. The van der Waals surface area contributed by atoms with Crippen LogP contribution >= 0.6 is 0 Å². The minimum atomic E-state index is -1.21. The highest BCUT2D eigenvalue weighted by atomic mass is 19.2. The summed E-state index contributed by atoms with van der Waals surface area (Å²) in [5.74, 6) is -3.42. The molecular weight excluding hydrogens is 308 g/mol. The lowest BCUT2D eigenvalue weighted by atomic mass is 10.1. The highest BCUT2D eigenvalue weighted by Gasteiger charge is 2.23. The molecule has 1 aromatic heterocycles. The number of carbonyl (C=O) groups excluding carboxylic acids is 2. The molecule has 120 valence electrons. The van der Waals surface area contributed by atoms with Gasteiger partial charge in [-0.3, -0.25) is 9.59 Å². The average Bonchev–Trinajstić information content (AvgIpc) is 2.55. The molecule has 1 atom stereocenters. The SMILES string of the molecule is CNC(=O)C(NC(=O)c1cc[n+]([O-])cc1)c1ccc(F)c(F)c1. The first-order valence-corrected chi connectivity index (χ1v) is 6.58. The molecule has 8 heteroatoms. The number of halogens is 2. The standard InChI is InChI=1S/C15H13F2N3O3/c1-18-15(22)13(10-2-3-11(16)12(17)8-10)19-14(21)9-4-6-20(23)7-5-9/h2-8,13H,1H3,(H,18,22)(H,19,21). The first-order chi connectivity index (χ1) is 10.9. The molecule has 2 N–H and O–H groups in total. The summed E-state index contributed by atoms with van der Waals surface area (Å²) in [6, 6.07) is 4.25. The third kappa shape index (κ3) is 3.79. The maximum atomic E-state index is 13.4. The number of hydrogen-bond acceptors (Lipinski definition) is 3. The fourth-order valence-electron chi connectivity index (χ4n) is 1.92. The van der Waals surface area contributed by atoms with Crippen LogP contribution < -0.4 is 15.4 Å². The highest BCUT2D eigenvalue weighted by Crippen LogP contribution is 2.17.